The van der Waals surface area contributed by atoms with Crippen molar-refractivity contribution in [2.45, 2.75) is 30.5 Å². The number of rotatable bonds is 7. The van der Waals surface area contributed by atoms with Crippen LogP contribution in [-0.4, -0.2) is 17.4 Å². The van der Waals surface area contributed by atoms with Crippen LogP contribution in [0.4, 0.5) is 0 Å². The predicted octanol–water partition coefficient (Wildman–Crippen LogP) is 4.56. The van der Waals surface area contributed by atoms with Gasteiger partial charge in [0.1, 0.15) is 5.03 Å². The number of carbonyl (C=O) groups is 1. The molecule has 0 atom stereocenters. The topological polar surface area (TPSA) is 42.0 Å². The van der Waals surface area contributed by atoms with Gasteiger partial charge in [-0.2, -0.15) is 0 Å². The molecule has 2 aromatic rings. The molecule has 0 fully saturated rings. The number of halogens is 1. The van der Waals surface area contributed by atoms with Gasteiger partial charge >= 0.3 is 0 Å². The first-order valence-electron chi connectivity index (χ1n) is 7.31. The van der Waals surface area contributed by atoms with Gasteiger partial charge < -0.3 is 5.32 Å². The van der Waals surface area contributed by atoms with E-state index < -0.39 is 0 Å². The molecule has 1 heterocycles. The second-order valence-electron chi connectivity index (χ2n) is 4.85. The molecule has 0 aliphatic rings. The predicted molar refractivity (Wildman–Crippen MR) is 92.5 cm³/mol. The standard InChI is InChI=1S/C17H19ClN2OS/c1-2-3-10-19-16(21)14-8-6-11-20-17(14)22-12-13-7-4-5-9-15(13)18/h4-9,11H,2-3,10,12H2,1H3,(H,19,21). The lowest BCUT2D eigenvalue weighted by Gasteiger charge is -2.09. The molecule has 0 unspecified atom stereocenters. The van der Waals surface area contributed by atoms with E-state index in [1.807, 2.05) is 30.3 Å². The summed E-state index contributed by atoms with van der Waals surface area (Å²) in [4.78, 5) is 16.6. The van der Waals surface area contributed by atoms with Crippen molar-refractivity contribution in [1.82, 2.24) is 10.3 Å². The van der Waals surface area contributed by atoms with E-state index >= 15 is 0 Å². The summed E-state index contributed by atoms with van der Waals surface area (Å²) in [5, 5.41) is 4.40. The van der Waals surface area contributed by atoms with Gasteiger partial charge in [0.15, 0.2) is 0 Å². The van der Waals surface area contributed by atoms with E-state index in [1.54, 1.807) is 12.3 Å². The van der Waals surface area contributed by atoms with Gasteiger partial charge in [-0.25, -0.2) is 4.98 Å². The zero-order chi connectivity index (χ0) is 15.8. The Labute approximate surface area is 140 Å². The molecular formula is C17H19ClN2OS. The molecule has 22 heavy (non-hydrogen) atoms. The summed E-state index contributed by atoms with van der Waals surface area (Å²) in [7, 11) is 0. The number of nitrogens with one attached hydrogen (secondary N) is 1. The Bertz CT molecular complexity index is 634. The zero-order valence-electron chi connectivity index (χ0n) is 12.5. The number of hydrogen-bond donors (Lipinski definition) is 1. The number of pyridine rings is 1. The largest absolute Gasteiger partial charge is 0.352 e. The molecule has 3 nitrogen and oxygen atoms in total. The van der Waals surface area contributed by atoms with Crippen molar-refractivity contribution in [1.29, 1.82) is 0 Å². The van der Waals surface area contributed by atoms with Crippen molar-refractivity contribution in [3.63, 3.8) is 0 Å². The number of unbranched alkanes of at least 4 members (excludes halogenated alkanes) is 1. The average Bonchev–Trinajstić information content (AvgIpc) is 2.54. The second kappa shape index (κ2) is 8.81. The molecule has 0 aliphatic carbocycles. The number of hydrogen-bond acceptors (Lipinski definition) is 3. The highest BCUT2D eigenvalue weighted by Crippen LogP contribution is 2.27. The molecule has 1 aromatic carbocycles. The van der Waals surface area contributed by atoms with Crippen LogP contribution < -0.4 is 5.32 Å². The Morgan fingerprint density at radius 1 is 1.27 bits per heavy atom. The number of nitrogens with zero attached hydrogens (tertiary/aromatic N) is 1. The number of amides is 1. The Balaban J connectivity index is 2.05. The molecular weight excluding hydrogens is 316 g/mol. The van der Waals surface area contributed by atoms with Crippen LogP contribution in [0.2, 0.25) is 5.02 Å². The fourth-order valence-electron chi connectivity index (χ4n) is 1.91. The summed E-state index contributed by atoms with van der Waals surface area (Å²) in [5.41, 5.74) is 1.66. The SMILES string of the molecule is CCCCNC(=O)c1cccnc1SCc1ccccc1Cl. The van der Waals surface area contributed by atoms with Gasteiger partial charge in [-0.3, -0.25) is 4.79 Å². The van der Waals surface area contributed by atoms with E-state index in [9.17, 15) is 4.79 Å². The minimum Gasteiger partial charge on any atom is -0.352 e. The van der Waals surface area contributed by atoms with Gasteiger partial charge in [-0.1, -0.05) is 43.1 Å². The zero-order valence-corrected chi connectivity index (χ0v) is 14.1. The Kier molecular flexibility index (Phi) is 6.74. The van der Waals surface area contributed by atoms with Crippen LogP contribution in [0, 0.1) is 0 Å². The summed E-state index contributed by atoms with van der Waals surface area (Å²) in [6.45, 7) is 2.79. The first-order chi connectivity index (χ1) is 10.7. The molecule has 5 heteroatoms. The van der Waals surface area contributed by atoms with Crippen LogP contribution in [0.15, 0.2) is 47.6 Å². The Hall–Kier alpha value is -1.52. The Morgan fingerprint density at radius 2 is 2.09 bits per heavy atom. The molecule has 116 valence electrons. The maximum atomic E-state index is 12.2. The van der Waals surface area contributed by atoms with Gasteiger partial charge in [-0.15, -0.1) is 11.8 Å². The Morgan fingerprint density at radius 3 is 2.86 bits per heavy atom. The van der Waals surface area contributed by atoms with E-state index in [0.29, 0.717) is 17.9 Å². The molecule has 0 saturated carbocycles. The molecule has 2 rings (SSSR count). The third-order valence-corrected chi connectivity index (χ3v) is 4.58. The van der Waals surface area contributed by atoms with E-state index in [0.717, 1.165) is 28.5 Å². The van der Waals surface area contributed by atoms with Gasteiger partial charge in [0.05, 0.1) is 5.56 Å². The van der Waals surface area contributed by atoms with Gasteiger partial charge in [0.2, 0.25) is 0 Å². The normalized spacial score (nSPS) is 10.5. The smallest absolute Gasteiger partial charge is 0.254 e. The highest BCUT2D eigenvalue weighted by Gasteiger charge is 2.12. The van der Waals surface area contributed by atoms with Crippen molar-refractivity contribution in [2.24, 2.45) is 0 Å². The van der Waals surface area contributed by atoms with Crippen LogP contribution in [-0.2, 0) is 5.75 Å². The second-order valence-corrected chi connectivity index (χ2v) is 6.22. The summed E-state index contributed by atoms with van der Waals surface area (Å²) in [5.74, 6) is 0.620. The summed E-state index contributed by atoms with van der Waals surface area (Å²) in [6.07, 6.45) is 3.74. The fourth-order valence-corrected chi connectivity index (χ4v) is 3.19. The average molecular weight is 335 g/mol. The third kappa shape index (κ3) is 4.75. The van der Waals surface area contributed by atoms with Gasteiger partial charge in [-0.05, 0) is 30.2 Å². The quantitative estimate of drug-likeness (QED) is 0.596. The number of carbonyl (C=O) groups excluding carboxylic acids is 1. The fraction of sp³-hybridized carbons (Fsp3) is 0.294. The summed E-state index contributed by atoms with van der Waals surface area (Å²) >= 11 is 7.69. The minimum atomic E-state index is -0.0665. The van der Waals surface area contributed by atoms with E-state index in [-0.39, 0.29) is 5.91 Å². The van der Waals surface area contributed by atoms with Crippen LogP contribution in [0.25, 0.3) is 0 Å². The first-order valence-corrected chi connectivity index (χ1v) is 8.68. The monoisotopic (exact) mass is 334 g/mol. The molecule has 0 saturated heterocycles. The first kappa shape index (κ1) is 16.8. The molecule has 0 spiro atoms. The van der Waals surface area contributed by atoms with Gasteiger partial charge in [0.25, 0.3) is 5.91 Å². The molecule has 1 N–H and O–H groups in total. The number of benzene rings is 1. The maximum absolute atomic E-state index is 12.2. The van der Waals surface area contributed by atoms with Crippen molar-refractivity contribution in [2.75, 3.05) is 6.54 Å². The van der Waals surface area contributed by atoms with Crippen molar-refractivity contribution in [3.05, 3.63) is 58.7 Å². The van der Waals surface area contributed by atoms with E-state index in [4.69, 9.17) is 11.6 Å². The van der Waals surface area contributed by atoms with Crippen LogP contribution >= 0.6 is 23.4 Å². The van der Waals surface area contributed by atoms with E-state index in [1.165, 1.54) is 11.8 Å². The van der Waals surface area contributed by atoms with Crippen molar-refractivity contribution in [3.8, 4) is 0 Å². The maximum Gasteiger partial charge on any atom is 0.254 e. The highest BCUT2D eigenvalue weighted by atomic mass is 35.5. The lowest BCUT2D eigenvalue weighted by molar-refractivity contribution is 0.0949. The molecule has 0 aliphatic heterocycles. The number of aromatic nitrogens is 1. The third-order valence-electron chi connectivity index (χ3n) is 3.15. The van der Waals surface area contributed by atoms with E-state index in [2.05, 4.69) is 17.2 Å². The van der Waals surface area contributed by atoms with Crippen LogP contribution in [0.3, 0.4) is 0 Å². The van der Waals surface area contributed by atoms with Crippen molar-refractivity contribution < 1.29 is 4.79 Å². The molecule has 0 radical (unpaired) electrons. The lowest BCUT2D eigenvalue weighted by atomic mass is 10.2. The summed E-state index contributed by atoms with van der Waals surface area (Å²) < 4.78 is 0. The highest BCUT2D eigenvalue weighted by molar-refractivity contribution is 7.98. The van der Waals surface area contributed by atoms with Gasteiger partial charge in [0, 0.05) is 23.5 Å². The van der Waals surface area contributed by atoms with Crippen molar-refractivity contribution >= 4 is 29.3 Å². The van der Waals surface area contributed by atoms with Crippen LogP contribution in [0.1, 0.15) is 35.7 Å². The molecule has 1 amide bonds. The summed E-state index contributed by atoms with van der Waals surface area (Å²) in [6, 6.07) is 11.3. The van der Waals surface area contributed by atoms with Crippen LogP contribution in [0.5, 0.6) is 0 Å². The lowest BCUT2D eigenvalue weighted by Crippen LogP contribution is -2.25. The molecule has 1 aromatic heterocycles. The molecule has 0 bridgehead atoms. The minimum absolute atomic E-state index is 0.0665. The number of thioether (sulfide) groups is 1.